The number of carbonyl (C=O) groups is 1. The molecule has 5 aromatic rings. The molecule has 0 bridgehead atoms. The van der Waals surface area contributed by atoms with Gasteiger partial charge < -0.3 is 4.42 Å². The Kier molecular flexibility index (Phi) is 5.12. The third kappa shape index (κ3) is 3.83. The maximum Gasteiger partial charge on any atom is 0.278 e. The second-order valence-electron chi connectivity index (χ2n) is 7.24. The van der Waals surface area contributed by atoms with Gasteiger partial charge in [0, 0.05) is 10.8 Å². The number of hydrogen-bond donors (Lipinski definition) is 1. The summed E-state index contributed by atoms with van der Waals surface area (Å²) in [6.45, 7) is 2.13. The molecule has 3 heterocycles. The number of fused-ring (bicyclic) bond motifs is 1. The van der Waals surface area contributed by atoms with E-state index >= 15 is 0 Å². The Hall–Kier alpha value is -4.04. The minimum atomic E-state index is -0.431. The van der Waals surface area contributed by atoms with Crippen molar-refractivity contribution < 1.29 is 9.21 Å². The third-order valence-electron chi connectivity index (χ3n) is 4.98. The van der Waals surface area contributed by atoms with E-state index in [1.54, 1.807) is 24.3 Å². The summed E-state index contributed by atoms with van der Waals surface area (Å²) in [6.07, 6.45) is 0. The van der Waals surface area contributed by atoms with E-state index in [1.807, 2.05) is 54.8 Å². The summed E-state index contributed by atoms with van der Waals surface area (Å²) in [5.41, 5.74) is 1.49. The molecule has 1 amide bonds. The van der Waals surface area contributed by atoms with Crippen molar-refractivity contribution in [3.05, 3.63) is 99.5 Å². The lowest BCUT2D eigenvalue weighted by Crippen LogP contribution is -2.28. The number of amides is 1. The van der Waals surface area contributed by atoms with E-state index in [2.05, 4.69) is 15.4 Å². The van der Waals surface area contributed by atoms with Gasteiger partial charge in [-0.05, 0) is 30.7 Å². The quantitative estimate of drug-likeness (QED) is 0.425. The van der Waals surface area contributed by atoms with Crippen molar-refractivity contribution in [1.82, 2.24) is 14.8 Å². The molecule has 32 heavy (non-hydrogen) atoms. The van der Waals surface area contributed by atoms with Crippen molar-refractivity contribution in [2.75, 3.05) is 5.32 Å². The van der Waals surface area contributed by atoms with Gasteiger partial charge in [0.2, 0.25) is 0 Å². The monoisotopic (exact) mass is 442 g/mol. The SMILES string of the molecule is Cc1ccc(-c2csc(NC(=O)c3nn(Cc4ccccc4)c(=O)c4ccccc34)n2)o1. The first-order valence-electron chi connectivity index (χ1n) is 9.96. The molecule has 0 atom stereocenters. The Bertz CT molecular complexity index is 1480. The van der Waals surface area contributed by atoms with Crippen molar-refractivity contribution in [2.24, 2.45) is 0 Å². The molecule has 0 fully saturated rings. The van der Waals surface area contributed by atoms with Crippen LogP contribution >= 0.6 is 11.3 Å². The summed E-state index contributed by atoms with van der Waals surface area (Å²) in [5, 5.41) is 10.4. The molecular weight excluding hydrogens is 424 g/mol. The van der Waals surface area contributed by atoms with Crippen LogP contribution in [0.3, 0.4) is 0 Å². The van der Waals surface area contributed by atoms with Crippen LogP contribution in [0.15, 0.2) is 81.3 Å². The molecule has 0 aliphatic heterocycles. The van der Waals surface area contributed by atoms with Gasteiger partial charge in [-0.3, -0.25) is 14.9 Å². The molecule has 0 spiro atoms. The van der Waals surface area contributed by atoms with Gasteiger partial charge in [0.25, 0.3) is 11.5 Å². The number of furan rings is 1. The molecule has 0 unspecified atom stereocenters. The van der Waals surface area contributed by atoms with Crippen LogP contribution in [0.25, 0.3) is 22.2 Å². The van der Waals surface area contributed by atoms with Gasteiger partial charge in [-0.1, -0.05) is 48.5 Å². The van der Waals surface area contributed by atoms with E-state index in [-0.39, 0.29) is 17.8 Å². The number of nitrogens with zero attached hydrogens (tertiary/aromatic N) is 3. The lowest BCUT2D eigenvalue weighted by molar-refractivity contribution is 0.102. The van der Waals surface area contributed by atoms with Crippen molar-refractivity contribution >= 4 is 33.1 Å². The van der Waals surface area contributed by atoms with E-state index in [1.165, 1.54) is 16.0 Å². The van der Waals surface area contributed by atoms with Gasteiger partial charge in [-0.25, -0.2) is 9.67 Å². The summed E-state index contributed by atoms with van der Waals surface area (Å²) in [6, 6.07) is 20.2. The van der Waals surface area contributed by atoms with Crippen molar-refractivity contribution in [3.63, 3.8) is 0 Å². The second-order valence-corrected chi connectivity index (χ2v) is 8.10. The first-order valence-corrected chi connectivity index (χ1v) is 10.8. The smallest absolute Gasteiger partial charge is 0.278 e. The summed E-state index contributed by atoms with van der Waals surface area (Å²) < 4.78 is 6.92. The first-order chi connectivity index (χ1) is 15.6. The van der Waals surface area contributed by atoms with Crippen LogP contribution in [0.5, 0.6) is 0 Å². The number of thiazole rings is 1. The molecule has 0 saturated heterocycles. The lowest BCUT2D eigenvalue weighted by Gasteiger charge is -2.10. The standard InChI is InChI=1S/C24H18N4O3S/c1-15-11-12-20(31-15)19-14-32-24(25-19)26-22(29)21-17-9-5-6-10-18(17)23(30)28(27-21)13-16-7-3-2-4-8-16/h2-12,14H,13H2,1H3,(H,25,26,29). The Morgan fingerprint density at radius 3 is 2.53 bits per heavy atom. The summed E-state index contributed by atoms with van der Waals surface area (Å²) >= 11 is 1.29. The maximum absolute atomic E-state index is 13.1. The Balaban J connectivity index is 1.50. The Labute approximate surface area is 187 Å². The predicted molar refractivity (Wildman–Crippen MR) is 124 cm³/mol. The van der Waals surface area contributed by atoms with E-state index in [9.17, 15) is 9.59 Å². The molecular formula is C24H18N4O3S. The van der Waals surface area contributed by atoms with Crippen LogP contribution in [-0.2, 0) is 6.54 Å². The molecule has 1 N–H and O–H groups in total. The molecule has 3 aromatic heterocycles. The summed E-state index contributed by atoms with van der Waals surface area (Å²) in [4.78, 5) is 30.6. The highest BCUT2D eigenvalue weighted by molar-refractivity contribution is 7.14. The molecule has 7 nitrogen and oxygen atoms in total. The van der Waals surface area contributed by atoms with E-state index in [0.717, 1.165) is 11.3 Å². The number of rotatable bonds is 5. The zero-order valence-corrected chi connectivity index (χ0v) is 17.9. The topological polar surface area (TPSA) is 90.0 Å². The van der Waals surface area contributed by atoms with E-state index in [4.69, 9.17) is 4.42 Å². The van der Waals surface area contributed by atoms with Crippen LogP contribution in [0.2, 0.25) is 0 Å². The van der Waals surface area contributed by atoms with Gasteiger partial charge in [-0.2, -0.15) is 5.10 Å². The molecule has 158 valence electrons. The predicted octanol–water partition coefficient (Wildman–Crippen LogP) is 4.72. The number of nitrogens with one attached hydrogen (secondary N) is 1. The minimum absolute atomic E-state index is 0.168. The average Bonchev–Trinajstić information content (AvgIpc) is 3.45. The van der Waals surface area contributed by atoms with Gasteiger partial charge in [0.05, 0.1) is 11.9 Å². The molecule has 0 saturated carbocycles. The van der Waals surface area contributed by atoms with E-state index < -0.39 is 5.91 Å². The van der Waals surface area contributed by atoms with E-state index in [0.29, 0.717) is 27.4 Å². The number of aryl methyl sites for hydroxylation is 1. The van der Waals surface area contributed by atoms with Crippen LogP contribution in [-0.4, -0.2) is 20.7 Å². The third-order valence-corrected chi connectivity index (χ3v) is 5.73. The largest absolute Gasteiger partial charge is 0.460 e. The molecule has 0 radical (unpaired) electrons. The van der Waals surface area contributed by atoms with Crippen molar-refractivity contribution in [1.29, 1.82) is 0 Å². The Morgan fingerprint density at radius 2 is 1.78 bits per heavy atom. The van der Waals surface area contributed by atoms with Gasteiger partial charge in [0.1, 0.15) is 11.5 Å². The average molecular weight is 443 g/mol. The number of anilines is 1. The molecule has 5 rings (SSSR count). The molecule has 2 aromatic carbocycles. The number of hydrogen-bond acceptors (Lipinski definition) is 6. The summed E-state index contributed by atoms with van der Waals surface area (Å²) in [7, 11) is 0. The second kappa shape index (κ2) is 8.24. The van der Waals surface area contributed by atoms with Crippen molar-refractivity contribution in [2.45, 2.75) is 13.5 Å². The lowest BCUT2D eigenvalue weighted by atomic mass is 10.1. The van der Waals surface area contributed by atoms with Crippen LogP contribution < -0.4 is 10.9 Å². The normalized spacial score (nSPS) is 11.0. The zero-order chi connectivity index (χ0) is 22.1. The van der Waals surface area contributed by atoms with Crippen LogP contribution in [0.4, 0.5) is 5.13 Å². The highest BCUT2D eigenvalue weighted by Gasteiger charge is 2.18. The van der Waals surface area contributed by atoms with Crippen LogP contribution in [0, 0.1) is 6.92 Å². The van der Waals surface area contributed by atoms with Gasteiger partial charge in [-0.15, -0.1) is 11.3 Å². The number of benzene rings is 2. The Morgan fingerprint density at radius 1 is 1.03 bits per heavy atom. The highest BCUT2D eigenvalue weighted by Crippen LogP contribution is 2.27. The number of carbonyl (C=O) groups excluding carboxylic acids is 1. The molecule has 8 heteroatoms. The fraction of sp³-hybridized carbons (Fsp3) is 0.0833. The number of aromatic nitrogens is 3. The zero-order valence-electron chi connectivity index (χ0n) is 17.1. The molecule has 0 aliphatic carbocycles. The van der Waals surface area contributed by atoms with Gasteiger partial charge >= 0.3 is 0 Å². The summed E-state index contributed by atoms with van der Waals surface area (Å²) in [5.74, 6) is 0.994. The highest BCUT2D eigenvalue weighted by atomic mass is 32.1. The first kappa shape index (κ1) is 19.9. The fourth-order valence-electron chi connectivity index (χ4n) is 3.44. The minimum Gasteiger partial charge on any atom is -0.460 e. The maximum atomic E-state index is 13.1. The molecule has 0 aliphatic rings. The fourth-order valence-corrected chi connectivity index (χ4v) is 4.13. The van der Waals surface area contributed by atoms with Gasteiger partial charge in [0.15, 0.2) is 16.6 Å². The van der Waals surface area contributed by atoms with Crippen molar-refractivity contribution in [3.8, 4) is 11.5 Å². The van der Waals surface area contributed by atoms with Crippen LogP contribution in [0.1, 0.15) is 21.8 Å².